The molecule has 0 bridgehead atoms. The van der Waals surface area contributed by atoms with Crippen LogP contribution in [-0.4, -0.2) is 64.9 Å². The third kappa shape index (κ3) is 8.10. The molecule has 0 radical (unpaired) electrons. The molecule has 3 rings (SSSR count). The second-order valence-corrected chi connectivity index (χ2v) is 10.3. The highest BCUT2D eigenvalue weighted by Gasteiger charge is 2.28. The monoisotopic (exact) mass is 517 g/mol. The second kappa shape index (κ2) is 12.9. The third-order valence-electron chi connectivity index (χ3n) is 5.83. The molecule has 0 unspecified atom stereocenters. The van der Waals surface area contributed by atoms with Crippen LogP contribution in [0, 0.1) is 0 Å². The van der Waals surface area contributed by atoms with Crippen LogP contribution in [0.15, 0.2) is 42.6 Å². The van der Waals surface area contributed by atoms with Crippen LogP contribution in [0.2, 0.25) is 5.02 Å². The first kappa shape index (κ1) is 27.7. The van der Waals surface area contributed by atoms with Crippen molar-refractivity contribution in [3.63, 3.8) is 0 Å². The van der Waals surface area contributed by atoms with Crippen molar-refractivity contribution in [3.05, 3.63) is 53.2 Å². The molecule has 2 amide bonds. The fourth-order valence-electron chi connectivity index (χ4n) is 4.23. The van der Waals surface area contributed by atoms with Crippen LogP contribution in [0.25, 0.3) is 0 Å². The van der Waals surface area contributed by atoms with Crippen LogP contribution >= 0.6 is 11.6 Å². The van der Waals surface area contributed by atoms with Gasteiger partial charge in [0, 0.05) is 36.0 Å². The number of aliphatic hydroxyl groups is 1. The van der Waals surface area contributed by atoms with Crippen molar-refractivity contribution in [3.8, 4) is 5.75 Å². The number of rotatable bonds is 10. The van der Waals surface area contributed by atoms with E-state index in [-0.39, 0.29) is 31.7 Å². The Balaban J connectivity index is 1.71. The summed E-state index contributed by atoms with van der Waals surface area (Å²) in [5, 5.41) is 9.69. The number of aliphatic hydroxyl groups excluding tert-OH is 1. The highest BCUT2D eigenvalue weighted by atomic mass is 35.5. The molecule has 36 heavy (non-hydrogen) atoms. The normalized spacial score (nSPS) is 13.9. The van der Waals surface area contributed by atoms with Gasteiger partial charge >= 0.3 is 6.09 Å². The molecule has 0 atom stereocenters. The zero-order valence-electron chi connectivity index (χ0n) is 21.3. The molecule has 8 nitrogen and oxygen atoms in total. The van der Waals surface area contributed by atoms with Crippen LogP contribution < -0.4 is 9.64 Å². The Hall–Kier alpha value is -2.84. The SMILES string of the molecule is CC(C)(C)OC(=O)N(CCOc1cc(Cl)cc(C(=O)N(CCCO)C2CCCC2)c1)c1ccccn1. The van der Waals surface area contributed by atoms with Gasteiger partial charge in [-0.1, -0.05) is 30.5 Å². The van der Waals surface area contributed by atoms with Gasteiger partial charge in [0.05, 0.1) is 6.54 Å². The predicted molar refractivity (Wildman–Crippen MR) is 140 cm³/mol. The van der Waals surface area contributed by atoms with E-state index in [0.29, 0.717) is 35.1 Å². The van der Waals surface area contributed by atoms with Crippen molar-refractivity contribution in [1.29, 1.82) is 0 Å². The average molecular weight is 518 g/mol. The standard InChI is InChI=1S/C27H36ClN3O5/c1-27(2,3)36-26(34)31(24-11-6-7-12-29-24)14-16-35-23-18-20(17-21(28)19-23)25(33)30(13-8-15-32)22-9-4-5-10-22/h6-7,11-12,17-19,22,32H,4-5,8-10,13-16H2,1-3H3. The van der Waals surface area contributed by atoms with E-state index in [4.69, 9.17) is 21.1 Å². The lowest BCUT2D eigenvalue weighted by molar-refractivity contribution is 0.0573. The van der Waals surface area contributed by atoms with Crippen molar-refractivity contribution in [2.24, 2.45) is 0 Å². The fourth-order valence-corrected chi connectivity index (χ4v) is 4.45. The van der Waals surface area contributed by atoms with E-state index in [1.54, 1.807) is 63.4 Å². The second-order valence-electron chi connectivity index (χ2n) is 9.86. The largest absolute Gasteiger partial charge is 0.492 e. The van der Waals surface area contributed by atoms with E-state index >= 15 is 0 Å². The van der Waals surface area contributed by atoms with Crippen LogP contribution in [0.3, 0.4) is 0 Å². The molecular weight excluding hydrogens is 482 g/mol. The Morgan fingerprint density at radius 2 is 1.89 bits per heavy atom. The smallest absolute Gasteiger partial charge is 0.416 e. The van der Waals surface area contributed by atoms with Gasteiger partial charge in [-0.15, -0.1) is 0 Å². The number of aromatic nitrogens is 1. The first-order valence-electron chi connectivity index (χ1n) is 12.4. The van der Waals surface area contributed by atoms with Crippen molar-refractivity contribution >= 4 is 29.4 Å². The Morgan fingerprint density at radius 1 is 1.14 bits per heavy atom. The average Bonchev–Trinajstić information content (AvgIpc) is 3.35. The quantitative estimate of drug-likeness (QED) is 0.458. The number of pyridine rings is 1. The van der Waals surface area contributed by atoms with Gasteiger partial charge in [0.15, 0.2) is 0 Å². The molecule has 1 heterocycles. The summed E-state index contributed by atoms with van der Waals surface area (Å²) in [6.07, 6.45) is 5.74. The molecule has 196 valence electrons. The summed E-state index contributed by atoms with van der Waals surface area (Å²) in [4.78, 5) is 33.7. The maximum Gasteiger partial charge on any atom is 0.416 e. The zero-order valence-corrected chi connectivity index (χ0v) is 22.0. The Labute approximate surface area is 218 Å². The summed E-state index contributed by atoms with van der Waals surface area (Å²) in [5.74, 6) is 0.768. The van der Waals surface area contributed by atoms with Gasteiger partial charge in [0.1, 0.15) is 23.8 Å². The number of carbonyl (C=O) groups excluding carboxylic acids is 2. The van der Waals surface area contributed by atoms with E-state index < -0.39 is 11.7 Å². The molecule has 1 aromatic carbocycles. The molecule has 9 heteroatoms. The number of nitrogens with zero attached hydrogens (tertiary/aromatic N) is 3. The minimum atomic E-state index is -0.658. The van der Waals surface area contributed by atoms with E-state index in [9.17, 15) is 14.7 Å². The number of hydrogen-bond acceptors (Lipinski definition) is 6. The van der Waals surface area contributed by atoms with Gasteiger partial charge in [-0.25, -0.2) is 9.78 Å². The van der Waals surface area contributed by atoms with Gasteiger partial charge in [0.25, 0.3) is 5.91 Å². The summed E-state index contributed by atoms with van der Waals surface area (Å²) in [6, 6.07) is 10.4. The molecule has 1 aliphatic carbocycles. The lowest BCUT2D eigenvalue weighted by Crippen LogP contribution is -2.40. The molecule has 1 N–H and O–H groups in total. The summed E-state index contributed by atoms with van der Waals surface area (Å²) >= 11 is 6.34. The molecule has 2 aromatic rings. The maximum absolute atomic E-state index is 13.4. The van der Waals surface area contributed by atoms with Gasteiger partial charge in [-0.05, 0) is 70.4 Å². The van der Waals surface area contributed by atoms with Crippen LogP contribution in [-0.2, 0) is 4.74 Å². The topological polar surface area (TPSA) is 92.2 Å². The summed E-state index contributed by atoms with van der Waals surface area (Å²) < 4.78 is 11.5. The molecule has 0 saturated heterocycles. The van der Waals surface area contributed by atoms with E-state index in [0.717, 1.165) is 25.7 Å². The number of benzene rings is 1. The Bertz CT molecular complexity index is 1010. The van der Waals surface area contributed by atoms with Gasteiger partial charge in [-0.2, -0.15) is 0 Å². The predicted octanol–water partition coefficient (Wildman–Crippen LogP) is 5.32. The van der Waals surface area contributed by atoms with Crippen LogP contribution in [0.4, 0.5) is 10.6 Å². The number of anilines is 1. The van der Waals surface area contributed by atoms with Crippen molar-refractivity contribution in [1.82, 2.24) is 9.88 Å². The number of halogens is 1. The van der Waals surface area contributed by atoms with Crippen molar-refractivity contribution in [2.45, 2.75) is 64.5 Å². The lowest BCUT2D eigenvalue weighted by atomic mass is 10.1. The van der Waals surface area contributed by atoms with E-state index in [1.807, 2.05) is 4.90 Å². The summed E-state index contributed by atoms with van der Waals surface area (Å²) in [7, 11) is 0. The summed E-state index contributed by atoms with van der Waals surface area (Å²) in [5.41, 5.74) is -0.218. The number of amides is 2. The maximum atomic E-state index is 13.4. The highest BCUT2D eigenvalue weighted by molar-refractivity contribution is 6.31. The van der Waals surface area contributed by atoms with Crippen LogP contribution in [0.5, 0.6) is 5.75 Å². The highest BCUT2D eigenvalue weighted by Crippen LogP contribution is 2.28. The molecule has 1 fully saturated rings. The van der Waals surface area contributed by atoms with E-state index in [2.05, 4.69) is 4.98 Å². The molecule has 0 spiro atoms. The Morgan fingerprint density at radius 3 is 2.53 bits per heavy atom. The van der Waals surface area contributed by atoms with E-state index in [1.165, 1.54) is 4.90 Å². The third-order valence-corrected chi connectivity index (χ3v) is 6.04. The van der Waals surface area contributed by atoms with Gasteiger partial charge in [0.2, 0.25) is 0 Å². The Kier molecular flexibility index (Phi) is 9.96. The number of carbonyl (C=O) groups is 2. The summed E-state index contributed by atoms with van der Waals surface area (Å²) in [6.45, 7) is 6.27. The minimum absolute atomic E-state index is 0.0326. The van der Waals surface area contributed by atoms with Gasteiger partial charge in [-0.3, -0.25) is 9.69 Å². The molecule has 1 aromatic heterocycles. The van der Waals surface area contributed by atoms with Crippen molar-refractivity contribution in [2.75, 3.05) is 31.2 Å². The number of hydrogen-bond donors (Lipinski definition) is 1. The molecular formula is C27H36ClN3O5. The minimum Gasteiger partial charge on any atom is -0.492 e. The number of ether oxygens (including phenoxy) is 2. The van der Waals surface area contributed by atoms with Gasteiger partial charge < -0.3 is 19.5 Å². The first-order chi connectivity index (χ1) is 17.2. The molecule has 0 aliphatic heterocycles. The van der Waals surface area contributed by atoms with Crippen molar-refractivity contribution < 1.29 is 24.2 Å². The zero-order chi connectivity index (χ0) is 26.1. The molecule has 1 saturated carbocycles. The first-order valence-corrected chi connectivity index (χ1v) is 12.8. The lowest BCUT2D eigenvalue weighted by Gasteiger charge is -2.29. The molecule has 1 aliphatic rings. The fraction of sp³-hybridized carbons (Fsp3) is 0.519. The van der Waals surface area contributed by atoms with Crippen LogP contribution in [0.1, 0.15) is 63.2 Å².